The third-order valence-electron chi connectivity index (χ3n) is 3.75. The second-order valence-electron chi connectivity index (χ2n) is 5.24. The van der Waals surface area contributed by atoms with E-state index in [0.29, 0.717) is 24.7 Å². The zero-order valence-corrected chi connectivity index (χ0v) is 14.4. The fourth-order valence-corrected chi connectivity index (χ4v) is 2.92. The Morgan fingerprint density at radius 3 is 2.36 bits per heavy atom. The van der Waals surface area contributed by atoms with Crippen LogP contribution in [0.15, 0.2) is 29.2 Å². The van der Waals surface area contributed by atoms with Crippen LogP contribution in [0, 0.1) is 0 Å². The van der Waals surface area contributed by atoms with Crippen molar-refractivity contribution in [1.82, 2.24) is 14.9 Å². The number of benzene rings is 1. The van der Waals surface area contributed by atoms with Crippen LogP contribution in [0.5, 0.6) is 0 Å². The molecule has 2 N–H and O–H groups in total. The van der Waals surface area contributed by atoms with Crippen LogP contribution in [0.25, 0.3) is 0 Å². The molecule has 1 amide bonds. The molecule has 0 radical (unpaired) electrons. The van der Waals surface area contributed by atoms with Gasteiger partial charge in [-0.25, -0.2) is 13.1 Å². The number of hydrogen-bond acceptors (Lipinski definition) is 4. The molecule has 0 saturated carbocycles. The molecule has 0 spiro atoms. The second-order valence-corrected chi connectivity index (χ2v) is 7.01. The highest BCUT2D eigenvalue weighted by Crippen LogP contribution is 2.10. The van der Waals surface area contributed by atoms with Crippen LogP contribution in [-0.4, -0.2) is 52.5 Å². The minimum Gasteiger partial charge on any atom is -0.355 e. The second kappa shape index (κ2) is 8.26. The lowest BCUT2D eigenvalue weighted by atomic mass is 10.2. The number of carbonyl (C=O) groups is 1. The van der Waals surface area contributed by atoms with Gasteiger partial charge in [0, 0.05) is 31.7 Å². The Kier molecular flexibility index (Phi) is 6.99. The largest absolute Gasteiger partial charge is 0.355 e. The third-order valence-corrected chi connectivity index (χ3v) is 5.23. The van der Waals surface area contributed by atoms with E-state index in [1.54, 1.807) is 0 Å². The first-order valence-electron chi connectivity index (χ1n) is 7.33. The first-order valence-corrected chi connectivity index (χ1v) is 8.82. The van der Waals surface area contributed by atoms with Gasteiger partial charge in [0.1, 0.15) is 0 Å². The predicted molar refractivity (Wildman–Crippen MR) is 87.4 cm³/mol. The van der Waals surface area contributed by atoms with E-state index < -0.39 is 10.0 Å². The molecule has 0 fully saturated rings. The summed E-state index contributed by atoms with van der Waals surface area (Å²) in [5.41, 5.74) is 0.429. The van der Waals surface area contributed by atoms with Crippen molar-refractivity contribution in [2.75, 3.05) is 27.2 Å². The maximum atomic E-state index is 12.2. The molecular formula is C15H25N3O3S. The Labute approximate surface area is 132 Å². The molecule has 0 bridgehead atoms. The van der Waals surface area contributed by atoms with Crippen LogP contribution in [-0.2, 0) is 10.0 Å². The lowest BCUT2D eigenvalue weighted by Gasteiger charge is -2.23. The fourth-order valence-electron chi connectivity index (χ4n) is 1.90. The molecule has 0 aliphatic heterocycles. The van der Waals surface area contributed by atoms with Crippen molar-refractivity contribution >= 4 is 15.9 Å². The van der Waals surface area contributed by atoms with E-state index in [2.05, 4.69) is 28.8 Å². The quantitative estimate of drug-likeness (QED) is 0.748. The van der Waals surface area contributed by atoms with Crippen LogP contribution < -0.4 is 10.0 Å². The van der Waals surface area contributed by atoms with E-state index in [1.807, 2.05) is 7.05 Å². The Morgan fingerprint density at radius 1 is 1.27 bits per heavy atom. The topological polar surface area (TPSA) is 78.5 Å². The van der Waals surface area contributed by atoms with Crippen molar-refractivity contribution in [2.24, 2.45) is 0 Å². The molecule has 22 heavy (non-hydrogen) atoms. The van der Waals surface area contributed by atoms with E-state index in [4.69, 9.17) is 0 Å². The first kappa shape index (κ1) is 18.6. The SMILES string of the molecule is CC[C@@H](C)N(C)CCNS(=O)(=O)c1ccc(C(=O)NC)cc1. The van der Waals surface area contributed by atoms with Gasteiger partial charge in [0.25, 0.3) is 5.91 Å². The van der Waals surface area contributed by atoms with Crippen LogP contribution in [0.3, 0.4) is 0 Å². The molecule has 0 saturated heterocycles. The van der Waals surface area contributed by atoms with Gasteiger partial charge in [0.05, 0.1) is 4.90 Å². The number of hydrogen-bond donors (Lipinski definition) is 2. The van der Waals surface area contributed by atoms with Gasteiger partial charge in [-0.3, -0.25) is 4.79 Å². The summed E-state index contributed by atoms with van der Waals surface area (Å²) >= 11 is 0. The molecule has 0 unspecified atom stereocenters. The van der Waals surface area contributed by atoms with Crippen LogP contribution >= 0.6 is 0 Å². The molecule has 7 heteroatoms. The number of amides is 1. The van der Waals surface area contributed by atoms with Gasteiger partial charge in [0.15, 0.2) is 0 Å². The Bertz CT molecular complexity index is 585. The van der Waals surface area contributed by atoms with Crippen molar-refractivity contribution in [3.05, 3.63) is 29.8 Å². The Hall–Kier alpha value is -1.44. The van der Waals surface area contributed by atoms with Crippen molar-refractivity contribution in [3.63, 3.8) is 0 Å². The number of rotatable bonds is 8. The monoisotopic (exact) mass is 327 g/mol. The molecule has 1 aromatic carbocycles. The van der Waals surface area contributed by atoms with Gasteiger partial charge in [0.2, 0.25) is 10.0 Å². The highest BCUT2D eigenvalue weighted by molar-refractivity contribution is 7.89. The van der Waals surface area contributed by atoms with Crippen molar-refractivity contribution < 1.29 is 13.2 Å². The number of likely N-dealkylation sites (N-methyl/N-ethyl adjacent to an activating group) is 1. The molecule has 0 aliphatic rings. The lowest BCUT2D eigenvalue weighted by molar-refractivity contribution is 0.0963. The van der Waals surface area contributed by atoms with E-state index in [9.17, 15) is 13.2 Å². The van der Waals surface area contributed by atoms with Gasteiger partial charge in [-0.05, 0) is 44.7 Å². The maximum absolute atomic E-state index is 12.2. The molecule has 124 valence electrons. The summed E-state index contributed by atoms with van der Waals surface area (Å²) in [7, 11) is -0.0430. The molecule has 0 aromatic heterocycles. The Balaban J connectivity index is 2.65. The van der Waals surface area contributed by atoms with Gasteiger partial charge >= 0.3 is 0 Å². The molecule has 1 aromatic rings. The van der Waals surface area contributed by atoms with Crippen LogP contribution in [0.1, 0.15) is 30.6 Å². The minimum absolute atomic E-state index is 0.159. The van der Waals surface area contributed by atoms with Gasteiger partial charge in [-0.15, -0.1) is 0 Å². The fraction of sp³-hybridized carbons (Fsp3) is 0.533. The van der Waals surface area contributed by atoms with E-state index in [-0.39, 0.29) is 10.8 Å². The summed E-state index contributed by atoms with van der Waals surface area (Å²) in [6.07, 6.45) is 1.02. The Morgan fingerprint density at radius 2 is 1.86 bits per heavy atom. The summed E-state index contributed by atoms with van der Waals surface area (Å²) in [4.78, 5) is 13.7. The van der Waals surface area contributed by atoms with Crippen LogP contribution in [0.2, 0.25) is 0 Å². The third kappa shape index (κ3) is 5.08. The van der Waals surface area contributed by atoms with Gasteiger partial charge in [-0.1, -0.05) is 6.92 Å². The number of sulfonamides is 1. The molecule has 1 rings (SSSR count). The van der Waals surface area contributed by atoms with Crippen LogP contribution in [0.4, 0.5) is 0 Å². The molecular weight excluding hydrogens is 302 g/mol. The normalized spacial score (nSPS) is 13.1. The first-order chi connectivity index (χ1) is 10.3. The number of carbonyl (C=O) groups excluding carboxylic acids is 1. The van der Waals surface area contributed by atoms with Crippen molar-refractivity contribution in [1.29, 1.82) is 0 Å². The number of nitrogens with zero attached hydrogens (tertiary/aromatic N) is 1. The molecule has 0 aliphatic carbocycles. The number of nitrogens with one attached hydrogen (secondary N) is 2. The van der Waals surface area contributed by atoms with Gasteiger partial charge in [-0.2, -0.15) is 0 Å². The summed E-state index contributed by atoms with van der Waals surface area (Å²) in [5.74, 6) is -0.243. The summed E-state index contributed by atoms with van der Waals surface area (Å²) < 4.78 is 26.9. The molecule has 0 heterocycles. The summed E-state index contributed by atoms with van der Waals surface area (Å²) in [6, 6.07) is 6.28. The minimum atomic E-state index is -3.55. The highest BCUT2D eigenvalue weighted by Gasteiger charge is 2.15. The zero-order valence-electron chi connectivity index (χ0n) is 13.6. The average molecular weight is 327 g/mol. The van der Waals surface area contributed by atoms with E-state index in [1.165, 1.54) is 31.3 Å². The van der Waals surface area contributed by atoms with E-state index in [0.717, 1.165) is 6.42 Å². The summed E-state index contributed by atoms with van der Waals surface area (Å²) in [5, 5.41) is 2.49. The highest BCUT2D eigenvalue weighted by atomic mass is 32.2. The molecule has 6 nitrogen and oxygen atoms in total. The maximum Gasteiger partial charge on any atom is 0.251 e. The molecule has 1 atom stereocenters. The zero-order chi connectivity index (χ0) is 16.8. The standard InChI is InChI=1S/C15H25N3O3S/c1-5-12(2)18(4)11-10-17-22(20,21)14-8-6-13(7-9-14)15(19)16-3/h6-9,12,17H,5,10-11H2,1-4H3,(H,16,19)/t12-/m1/s1. The van der Waals surface area contributed by atoms with E-state index >= 15 is 0 Å². The van der Waals surface area contributed by atoms with Gasteiger partial charge < -0.3 is 10.2 Å². The van der Waals surface area contributed by atoms with Crippen molar-refractivity contribution in [2.45, 2.75) is 31.2 Å². The lowest BCUT2D eigenvalue weighted by Crippen LogP contribution is -2.37. The average Bonchev–Trinajstić information content (AvgIpc) is 2.53. The van der Waals surface area contributed by atoms with Crippen molar-refractivity contribution in [3.8, 4) is 0 Å². The predicted octanol–water partition coefficient (Wildman–Crippen LogP) is 1.05. The smallest absolute Gasteiger partial charge is 0.251 e. The summed E-state index contributed by atoms with van der Waals surface area (Å²) in [6.45, 7) is 5.19.